The Morgan fingerprint density at radius 1 is 1.38 bits per heavy atom. The molecule has 0 saturated heterocycles. The quantitative estimate of drug-likeness (QED) is 0.721. The van der Waals surface area contributed by atoms with E-state index in [1.807, 2.05) is 48.7 Å². The number of carbonyl (C=O) groups is 1. The van der Waals surface area contributed by atoms with Crippen LogP contribution in [0.25, 0.3) is 10.6 Å². The molecule has 0 aliphatic carbocycles. The molecule has 0 saturated carbocycles. The van der Waals surface area contributed by atoms with Crippen LogP contribution in [0.4, 0.5) is 0 Å². The first kappa shape index (κ1) is 19.6. The number of likely N-dealkylation sites (N-methyl/N-ethyl adjacent to an activating group) is 1. The number of pyridine rings is 1. The molecule has 0 spiro atoms. The number of rotatable bonds is 4. The Morgan fingerprint density at radius 3 is 2.86 bits per heavy atom. The van der Waals surface area contributed by atoms with Gasteiger partial charge in [0.2, 0.25) is 0 Å². The lowest BCUT2D eigenvalue weighted by Crippen LogP contribution is -2.39. The number of fused-ring (bicyclic) bond motifs is 1. The van der Waals surface area contributed by atoms with E-state index in [1.165, 1.54) is 11.3 Å². The molecule has 2 aliphatic heterocycles. The Morgan fingerprint density at radius 2 is 2.17 bits per heavy atom. The van der Waals surface area contributed by atoms with E-state index in [4.69, 9.17) is 9.55 Å². The van der Waals surface area contributed by atoms with Gasteiger partial charge in [-0.25, -0.2) is 13.9 Å². The second kappa shape index (κ2) is 7.62. The summed E-state index contributed by atoms with van der Waals surface area (Å²) in [5.41, 5.74) is 3.97. The number of dihydropyridines is 1. The van der Waals surface area contributed by atoms with Crippen molar-refractivity contribution in [2.45, 2.75) is 25.9 Å². The molecule has 4 rings (SSSR count). The molecule has 2 aliphatic rings. The Balaban J connectivity index is 1.72. The second-order valence-electron chi connectivity index (χ2n) is 6.90. The molecule has 1 amide bonds. The van der Waals surface area contributed by atoms with E-state index < -0.39 is 23.2 Å². The number of hydrogen-bond donors (Lipinski definition) is 2. The van der Waals surface area contributed by atoms with E-state index in [9.17, 15) is 9.00 Å². The summed E-state index contributed by atoms with van der Waals surface area (Å²) in [5.74, 6) is -0.597. The van der Waals surface area contributed by atoms with Gasteiger partial charge in [0.05, 0.1) is 27.9 Å². The number of aliphatic imine (C=N–C) groups is 1. The molecule has 10 heteroatoms. The average molecular weight is 430 g/mol. The summed E-state index contributed by atoms with van der Waals surface area (Å²) >= 11 is -0.898. The number of hydrogen-bond acceptors (Lipinski definition) is 7. The van der Waals surface area contributed by atoms with Gasteiger partial charge in [-0.15, -0.1) is 11.3 Å². The summed E-state index contributed by atoms with van der Waals surface area (Å²) in [6.07, 6.45) is 7.19. The summed E-state index contributed by atoms with van der Waals surface area (Å²) in [7, 11) is 1.87. The van der Waals surface area contributed by atoms with Crippen molar-refractivity contribution in [1.29, 1.82) is 0 Å². The fraction of sp³-hybridized carbons (Fsp3) is 0.263. The Bertz CT molecular complexity index is 1090. The summed E-state index contributed by atoms with van der Waals surface area (Å²) in [6, 6.07) is 3.28. The van der Waals surface area contributed by atoms with Crippen LogP contribution in [0.2, 0.25) is 0 Å². The van der Waals surface area contributed by atoms with Gasteiger partial charge in [0.1, 0.15) is 11.0 Å². The monoisotopic (exact) mass is 429 g/mol. The fourth-order valence-electron chi connectivity index (χ4n) is 3.67. The first-order chi connectivity index (χ1) is 13.8. The molecule has 2 N–H and O–H groups in total. The first-order valence-corrected chi connectivity index (χ1v) is 10.8. The Kier molecular flexibility index (Phi) is 5.15. The van der Waals surface area contributed by atoms with Gasteiger partial charge in [-0.1, -0.05) is 0 Å². The van der Waals surface area contributed by atoms with Crippen molar-refractivity contribution in [3.63, 3.8) is 0 Å². The summed E-state index contributed by atoms with van der Waals surface area (Å²) in [6.45, 7) is 3.93. The van der Waals surface area contributed by atoms with Crippen molar-refractivity contribution in [3.8, 4) is 10.6 Å². The highest BCUT2D eigenvalue weighted by Crippen LogP contribution is 2.35. The van der Waals surface area contributed by atoms with Crippen LogP contribution in [0.15, 0.2) is 52.9 Å². The van der Waals surface area contributed by atoms with Crippen LogP contribution in [0.5, 0.6) is 0 Å². The number of carbonyl (C=O) groups excluding carboxylic acids is 1. The number of thiazole rings is 1. The van der Waals surface area contributed by atoms with E-state index in [0.717, 1.165) is 32.4 Å². The van der Waals surface area contributed by atoms with Gasteiger partial charge < -0.3 is 4.90 Å². The van der Waals surface area contributed by atoms with Crippen molar-refractivity contribution >= 4 is 34.2 Å². The minimum atomic E-state index is -2.43. The van der Waals surface area contributed by atoms with Gasteiger partial charge in [-0.2, -0.15) is 0 Å². The third-order valence-electron chi connectivity index (χ3n) is 4.89. The van der Waals surface area contributed by atoms with Crippen LogP contribution in [0, 0.1) is 6.92 Å². The molecule has 0 bridgehead atoms. The Labute approximate surface area is 174 Å². The van der Waals surface area contributed by atoms with Crippen LogP contribution in [0.1, 0.15) is 17.5 Å². The van der Waals surface area contributed by atoms with Crippen LogP contribution in [-0.2, 0) is 16.1 Å². The largest absolute Gasteiger partial charge is 0.371 e. The van der Waals surface area contributed by atoms with Gasteiger partial charge in [0, 0.05) is 31.2 Å². The molecule has 0 aromatic carbocycles. The summed E-state index contributed by atoms with van der Waals surface area (Å²) in [4.78, 5) is 28.9. The molecule has 8 nitrogen and oxygen atoms in total. The molecule has 4 heterocycles. The molecule has 29 heavy (non-hydrogen) atoms. The number of amides is 1. The van der Waals surface area contributed by atoms with Gasteiger partial charge in [-0.3, -0.25) is 19.3 Å². The third kappa shape index (κ3) is 3.66. The SMILES string of the molecule is CC1=CC(c2sc(-c3cccnc3)nc2C)=NC2C(C(=O)NS(=O)O)=CN(C)C12. The maximum Gasteiger partial charge on any atom is 0.264 e. The van der Waals surface area contributed by atoms with Crippen LogP contribution in [-0.4, -0.2) is 54.4 Å². The molecule has 150 valence electrons. The molecule has 2 aromatic heterocycles. The lowest BCUT2D eigenvalue weighted by Gasteiger charge is -2.29. The van der Waals surface area contributed by atoms with Crippen molar-refractivity contribution in [3.05, 3.63) is 58.5 Å². The number of aryl methyl sites for hydroxylation is 1. The second-order valence-corrected chi connectivity index (χ2v) is 8.60. The van der Waals surface area contributed by atoms with Gasteiger partial charge in [0.15, 0.2) is 0 Å². The fourth-order valence-corrected chi connectivity index (χ4v) is 4.97. The maximum atomic E-state index is 12.4. The zero-order valence-corrected chi connectivity index (χ0v) is 17.6. The van der Waals surface area contributed by atoms with Crippen molar-refractivity contribution in [2.24, 2.45) is 4.99 Å². The van der Waals surface area contributed by atoms with E-state index in [0.29, 0.717) is 5.57 Å². The molecular formula is C19H19N5O3S2. The molecule has 3 unspecified atom stereocenters. The lowest BCUT2D eigenvalue weighted by atomic mass is 9.93. The molecular weight excluding hydrogens is 410 g/mol. The molecule has 0 fully saturated rings. The van der Waals surface area contributed by atoms with Crippen LogP contribution >= 0.6 is 11.3 Å². The minimum absolute atomic E-state index is 0.0994. The van der Waals surface area contributed by atoms with E-state index in [2.05, 4.69) is 9.97 Å². The smallest absolute Gasteiger partial charge is 0.264 e. The molecule has 3 atom stereocenters. The lowest BCUT2D eigenvalue weighted by molar-refractivity contribution is -0.116. The highest BCUT2D eigenvalue weighted by molar-refractivity contribution is 7.77. The summed E-state index contributed by atoms with van der Waals surface area (Å²) in [5, 5.41) is 0.856. The van der Waals surface area contributed by atoms with Crippen LogP contribution in [0.3, 0.4) is 0 Å². The normalized spacial score (nSPS) is 21.8. The predicted octanol–water partition coefficient (Wildman–Crippen LogP) is 2.08. The third-order valence-corrected chi connectivity index (χ3v) is 6.48. The number of nitrogens with zero attached hydrogens (tertiary/aromatic N) is 4. The topological polar surface area (TPSA) is 108 Å². The highest BCUT2D eigenvalue weighted by Gasteiger charge is 2.40. The summed E-state index contributed by atoms with van der Waals surface area (Å²) < 4.78 is 22.1. The number of allylic oxidation sites excluding steroid dienone is 1. The van der Waals surface area contributed by atoms with Crippen molar-refractivity contribution in [1.82, 2.24) is 19.6 Å². The first-order valence-electron chi connectivity index (χ1n) is 8.85. The minimum Gasteiger partial charge on any atom is -0.371 e. The van der Waals surface area contributed by atoms with E-state index >= 15 is 0 Å². The van der Waals surface area contributed by atoms with Gasteiger partial charge in [0.25, 0.3) is 17.2 Å². The van der Waals surface area contributed by atoms with Crippen molar-refractivity contribution in [2.75, 3.05) is 7.05 Å². The number of aromatic nitrogens is 2. The zero-order chi connectivity index (χ0) is 20.7. The maximum absolute atomic E-state index is 12.4. The zero-order valence-electron chi connectivity index (χ0n) is 16.0. The Hall–Kier alpha value is -2.69. The number of nitrogens with one attached hydrogen (secondary N) is 1. The van der Waals surface area contributed by atoms with E-state index in [-0.39, 0.29) is 6.04 Å². The predicted molar refractivity (Wildman–Crippen MR) is 113 cm³/mol. The van der Waals surface area contributed by atoms with Crippen LogP contribution < -0.4 is 4.72 Å². The standard InChI is InChI=1S/C19H19N5O3S2/c1-10-7-14(17-11(2)21-19(28-17)12-5-4-6-20-8-12)22-15-13(9-24(3)16(10)15)18(25)23-29(26)27/h4-9,15-16H,1-3H3,(H,23,25)(H,26,27). The average Bonchev–Trinajstić information content (AvgIpc) is 3.22. The molecule has 0 radical (unpaired) electrons. The van der Waals surface area contributed by atoms with E-state index in [1.54, 1.807) is 18.6 Å². The molecule has 2 aromatic rings. The van der Waals surface area contributed by atoms with Gasteiger partial charge >= 0.3 is 0 Å². The van der Waals surface area contributed by atoms with Crippen molar-refractivity contribution < 1.29 is 13.6 Å². The van der Waals surface area contributed by atoms with Gasteiger partial charge in [-0.05, 0) is 37.6 Å². The highest BCUT2D eigenvalue weighted by atomic mass is 32.2.